The molecule has 8 aromatic rings. The van der Waals surface area contributed by atoms with E-state index >= 15 is 0 Å². The Balaban J connectivity index is 1.52. The average Bonchev–Trinajstić information content (AvgIpc) is 3.54. The van der Waals surface area contributed by atoms with Gasteiger partial charge in [0.25, 0.3) is 0 Å². The second kappa shape index (κ2) is 8.61. The number of benzene rings is 5. The minimum absolute atomic E-state index is 0.864. The molecule has 0 aliphatic rings. The summed E-state index contributed by atoms with van der Waals surface area (Å²) in [5, 5.41) is 4.87. The Morgan fingerprint density at radius 2 is 1.21 bits per heavy atom. The van der Waals surface area contributed by atoms with Gasteiger partial charge in [-0.3, -0.25) is 4.90 Å². The first-order valence-electron chi connectivity index (χ1n) is 13.2. The fourth-order valence-electron chi connectivity index (χ4n) is 5.88. The topological polar surface area (TPSA) is 36.9 Å². The van der Waals surface area contributed by atoms with Gasteiger partial charge in [0.05, 0.1) is 22.2 Å². The van der Waals surface area contributed by atoms with Crippen LogP contribution in [0.2, 0.25) is 0 Å². The number of rotatable bonds is 4. The highest BCUT2D eigenvalue weighted by Crippen LogP contribution is 2.42. The van der Waals surface area contributed by atoms with E-state index in [1.54, 1.807) is 0 Å². The van der Waals surface area contributed by atoms with Gasteiger partial charge in [0.15, 0.2) is 0 Å². The van der Waals surface area contributed by atoms with Crippen molar-refractivity contribution in [2.45, 2.75) is 0 Å². The zero-order valence-electron chi connectivity index (χ0n) is 21.1. The third-order valence-corrected chi connectivity index (χ3v) is 7.55. The van der Waals surface area contributed by atoms with Gasteiger partial charge in [-0.1, -0.05) is 78.9 Å². The molecule has 3 heterocycles. The zero-order chi connectivity index (χ0) is 25.8. The number of nitrogens with one attached hydrogen (secondary N) is 1. The first-order chi connectivity index (χ1) is 19.4. The highest BCUT2D eigenvalue weighted by molar-refractivity contribution is 6.14. The molecule has 4 nitrogen and oxygen atoms in total. The Labute approximate surface area is 225 Å². The molecule has 4 heteroatoms. The van der Waals surface area contributed by atoms with Crippen LogP contribution in [0, 0.1) is 0 Å². The Kier molecular flexibility index (Phi) is 4.79. The SMILES string of the molecule is c1ccc(N(c2ccccn2)c2cc(-n3c4ccccc4c4ccccc43)cc3c2[nH]c2ccccc23)cc1. The van der Waals surface area contributed by atoms with E-state index in [4.69, 9.17) is 4.98 Å². The van der Waals surface area contributed by atoms with E-state index in [0.29, 0.717) is 0 Å². The van der Waals surface area contributed by atoms with Gasteiger partial charge in [-0.15, -0.1) is 0 Å². The van der Waals surface area contributed by atoms with Crippen LogP contribution in [-0.4, -0.2) is 14.5 Å². The molecule has 0 unspecified atom stereocenters. The molecule has 0 saturated carbocycles. The number of para-hydroxylation sites is 4. The fourth-order valence-corrected chi connectivity index (χ4v) is 5.88. The standard InChI is InChI=1S/C35H24N4/c1-2-12-24(13-3-1)39(34-20-10-11-21-36-34)33-23-25(22-29-26-14-4-7-17-30(26)37-35(29)33)38-31-18-8-5-15-27(31)28-16-6-9-19-32(28)38/h1-23,37H. The molecule has 0 bridgehead atoms. The van der Waals surface area contributed by atoms with Crippen LogP contribution in [0.5, 0.6) is 0 Å². The van der Waals surface area contributed by atoms with Gasteiger partial charge in [-0.05, 0) is 54.6 Å². The lowest BCUT2D eigenvalue weighted by Gasteiger charge is -2.25. The molecule has 39 heavy (non-hydrogen) atoms. The number of aromatic nitrogens is 3. The molecule has 184 valence electrons. The summed E-state index contributed by atoms with van der Waals surface area (Å²) in [6.07, 6.45) is 1.85. The van der Waals surface area contributed by atoms with Crippen molar-refractivity contribution in [2.24, 2.45) is 0 Å². The summed E-state index contributed by atoms with van der Waals surface area (Å²) in [5.74, 6) is 0.864. The second-order valence-electron chi connectivity index (χ2n) is 9.79. The molecule has 0 spiro atoms. The molecular weight excluding hydrogens is 476 g/mol. The largest absolute Gasteiger partial charge is 0.353 e. The Bertz CT molecular complexity index is 2030. The molecule has 0 aliphatic heterocycles. The number of aromatic amines is 1. The van der Waals surface area contributed by atoms with Crippen LogP contribution in [0.25, 0.3) is 49.3 Å². The van der Waals surface area contributed by atoms with Crippen molar-refractivity contribution in [1.82, 2.24) is 14.5 Å². The molecule has 8 rings (SSSR count). The van der Waals surface area contributed by atoms with Crippen molar-refractivity contribution in [2.75, 3.05) is 4.90 Å². The molecule has 0 fully saturated rings. The van der Waals surface area contributed by atoms with E-state index in [9.17, 15) is 0 Å². The molecule has 1 N–H and O–H groups in total. The van der Waals surface area contributed by atoms with Crippen molar-refractivity contribution in [1.29, 1.82) is 0 Å². The van der Waals surface area contributed by atoms with Crippen LogP contribution in [0.3, 0.4) is 0 Å². The van der Waals surface area contributed by atoms with Gasteiger partial charge in [-0.25, -0.2) is 4.98 Å². The van der Waals surface area contributed by atoms with E-state index < -0.39 is 0 Å². The van der Waals surface area contributed by atoms with E-state index in [-0.39, 0.29) is 0 Å². The van der Waals surface area contributed by atoms with Gasteiger partial charge in [0.1, 0.15) is 5.82 Å². The summed E-state index contributed by atoms with van der Waals surface area (Å²) in [4.78, 5) is 10.8. The molecule has 3 aromatic heterocycles. The monoisotopic (exact) mass is 500 g/mol. The third-order valence-electron chi connectivity index (χ3n) is 7.55. The molecular formula is C35H24N4. The Morgan fingerprint density at radius 1 is 0.564 bits per heavy atom. The second-order valence-corrected chi connectivity index (χ2v) is 9.79. The van der Waals surface area contributed by atoms with Crippen LogP contribution in [0.15, 0.2) is 140 Å². The smallest absolute Gasteiger partial charge is 0.137 e. The third kappa shape index (κ3) is 3.35. The molecule has 0 atom stereocenters. The van der Waals surface area contributed by atoms with Crippen LogP contribution >= 0.6 is 0 Å². The maximum Gasteiger partial charge on any atom is 0.137 e. The summed E-state index contributed by atoms with van der Waals surface area (Å²) in [5.41, 5.74) is 7.77. The molecule has 0 radical (unpaired) electrons. The quantitative estimate of drug-likeness (QED) is 0.261. The van der Waals surface area contributed by atoms with Crippen molar-refractivity contribution in [3.63, 3.8) is 0 Å². The highest BCUT2D eigenvalue weighted by Gasteiger charge is 2.21. The first-order valence-corrected chi connectivity index (χ1v) is 13.2. The van der Waals surface area contributed by atoms with Gasteiger partial charge in [0.2, 0.25) is 0 Å². The van der Waals surface area contributed by atoms with Gasteiger partial charge < -0.3 is 9.55 Å². The lowest BCUT2D eigenvalue weighted by atomic mass is 10.1. The minimum Gasteiger partial charge on any atom is -0.353 e. The van der Waals surface area contributed by atoms with E-state index in [1.165, 1.54) is 32.6 Å². The average molecular weight is 501 g/mol. The van der Waals surface area contributed by atoms with E-state index in [2.05, 4.69) is 130 Å². The van der Waals surface area contributed by atoms with Crippen molar-refractivity contribution >= 4 is 60.8 Å². The van der Waals surface area contributed by atoms with Gasteiger partial charge in [0, 0.05) is 44.6 Å². The number of hydrogen-bond acceptors (Lipinski definition) is 2. The van der Waals surface area contributed by atoms with E-state index in [0.717, 1.165) is 33.9 Å². The normalized spacial score (nSPS) is 11.6. The lowest BCUT2D eigenvalue weighted by Crippen LogP contribution is -2.12. The zero-order valence-corrected chi connectivity index (χ0v) is 21.1. The lowest BCUT2D eigenvalue weighted by molar-refractivity contribution is 1.16. The van der Waals surface area contributed by atoms with E-state index in [1.807, 2.05) is 24.4 Å². The van der Waals surface area contributed by atoms with Crippen LogP contribution in [-0.2, 0) is 0 Å². The minimum atomic E-state index is 0.864. The summed E-state index contributed by atoms with van der Waals surface area (Å²) in [6.45, 7) is 0. The number of hydrogen-bond donors (Lipinski definition) is 1. The summed E-state index contributed by atoms with van der Waals surface area (Å²) in [7, 11) is 0. The van der Waals surface area contributed by atoms with Crippen LogP contribution in [0.4, 0.5) is 17.2 Å². The van der Waals surface area contributed by atoms with Crippen molar-refractivity contribution in [3.05, 3.63) is 140 Å². The number of nitrogens with zero attached hydrogens (tertiary/aromatic N) is 3. The predicted molar refractivity (Wildman–Crippen MR) is 163 cm³/mol. The van der Waals surface area contributed by atoms with Gasteiger partial charge >= 0.3 is 0 Å². The van der Waals surface area contributed by atoms with Crippen molar-refractivity contribution in [3.8, 4) is 5.69 Å². The highest BCUT2D eigenvalue weighted by atomic mass is 15.2. The van der Waals surface area contributed by atoms with Gasteiger partial charge in [-0.2, -0.15) is 0 Å². The van der Waals surface area contributed by atoms with Crippen LogP contribution < -0.4 is 4.90 Å². The fraction of sp³-hybridized carbons (Fsp3) is 0. The number of H-pyrrole nitrogens is 1. The summed E-state index contributed by atoms with van der Waals surface area (Å²) >= 11 is 0. The maximum absolute atomic E-state index is 4.79. The van der Waals surface area contributed by atoms with Crippen molar-refractivity contribution < 1.29 is 0 Å². The molecule has 5 aromatic carbocycles. The first kappa shape index (κ1) is 21.7. The number of pyridine rings is 1. The number of fused-ring (bicyclic) bond motifs is 6. The Morgan fingerprint density at radius 3 is 1.92 bits per heavy atom. The summed E-state index contributed by atoms with van der Waals surface area (Å²) < 4.78 is 2.39. The maximum atomic E-state index is 4.79. The van der Waals surface area contributed by atoms with Crippen LogP contribution in [0.1, 0.15) is 0 Å². The summed E-state index contributed by atoms with van der Waals surface area (Å²) in [6, 6.07) is 47.0. The number of anilines is 3. The molecule has 0 amide bonds. The molecule has 0 saturated heterocycles. The molecule has 0 aliphatic carbocycles. The predicted octanol–water partition coefficient (Wildman–Crippen LogP) is 9.28. The Hall–Kier alpha value is -5.35.